The average molecular weight is 331 g/mol. The molecule has 0 aliphatic heterocycles. The first kappa shape index (κ1) is 14.7. The fraction of sp³-hybridized carbons (Fsp3) is 0.0667. The molecule has 0 radical (unpaired) electrons. The van der Waals surface area contributed by atoms with Crippen LogP contribution in [0.5, 0.6) is 11.5 Å². The molecule has 0 bridgehead atoms. The number of hydrogen-bond donors (Lipinski definition) is 2. The summed E-state index contributed by atoms with van der Waals surface area (Å²) >= 11 is 2.83. The third-order valence-corrected chi connectivity index (χ3v) is 4.97. The predicted molar refractivity (Wildman–Crippen MR) is 90.8 cm³/mol. The van der Waals surface area contributed by atoms with E-state index in [0.717, 1.165) is 4.90 Å². The Morgan fingerprint density at radius 2 is 2.00 bits per heavy atom. The number of carbonyl (C=O) groups excluding carboxylic acids is 1. The number of nitrogens with zero attached hydrogens (tertiary/aromatic N) is 1. The van der Waals surface area contributed by atoms with Crippen molar-refractivity contribution in [3.8, 4) is 11.5 Å². The van der Waals surface area contributed by atoms with Crippen LogP contribution in [0.1, 0.15) is 9.67 Å². The minimum Gasteiger partial charge on any atom is -0.456 e. The number of carbonyl (C=O) groups is 1. The molecule has 22 heavy (non-hydrogen) atoms. The van der Waals surface area contributed by atoms with Gasteiger partial charge in [0, 0.05) is 11.1 Å². The van der Waals surface area contributed by atoms with Crippen LogP contribution < -0.4 is 16.2 Å². The SMILES string of the molecule is CSc1ccc(Oc2ccnc3sc(C(N)=O)c(N)c23)cc1. The number of benzene rings is 1. The molecule has 112 valence electrons. The summed E-state index contributed by atoms with van der Waals surface area (Å²) in [6.07, 6.45) is 3.63. The third kappa shape index (κ3) is 2.60. The molecule has 0 saturated carbocycles. The molecule has 3 rings (SSSR count). The summed E-state index contributed by atoms with van der Waals surface area (Å²) in [4.78, 5) is 17.7. The number of amides is 1. The first-order valence-electron chi connectivity index (χ1n) is 6.39. The summed E-state index contributed by atoms with van der Waals surface area (Å²) in [5.74, 6) is 0.690. The largest absolute Gasteiger partial charge is 0.456 e. The number of fused-ring (bicyclic) bond motifs is 1. The smallest absolute Gasteiger partial charge is 0.260 e. The van der Waals surface area contributed by atoms with E-state index in [4.69, 9.17) is 16.2 Å². The van der Waals surface area contributed by atoms with Gasteiger partial charge in [-0.3, -0.25) is 4.79 Å². The highest BCUT2D eigenvalue weighted by Gasteiger charge is 2.18. The quantitative estimate of drug-likeness (QED) is 0.714. The molecule has 0 spiro atoms. The number of thiophene rings is 1. The van der Waals surface area contributed by atoms with Gasteiger partial charge in [-0.15, -0.1) is 23.1 Å². The molecule has 0 aliphatic rings. The zero-order chi connectivity index (χ0) is 15.7. The molecule has 3 aromatic rings. The van der Waals surface area contributed by atoms with E-state index in [2.05, 4.69) is 4.98 Å². The van der Waals surface area contributed by atoms with Gasteiger partial charge in [-0.2, -0.15) is 0 Å². The Bertz CT molecular complexity index is 844. The number of nitrogens with two attached hydrogens (primary N) is 2. The van der Waals surface area contributed by atoms with Crippen molar-refractivity contribution in [2.45, 2.75) is 4.90 Å². The lowest BCUT2D eigenvalue weighted by Crippen LogP contribution is -2.10. The van der Waals surface area contributed by atoms with Gasteiger partial charge in [-0.25, -0.2) is 4.98 Å². The van der Waals surface area contributed by atoms with Crippen LogP contribution >= 0.6 is 23.1 Å². The highest BCUT2D eigenvalue weighted by molar-refractivity contribution is 7.98. The lowest BCUT2D eigenvalue weighted by Gasteiger charge is -2.08. The monoisotopic (exact) mass is 331 g/mol. The van der Waals surface area contributed by atoms with Gasteiger partial charge >= 0.3 is 0 Å². The molecule has 1 amide bonds. The van der Waals surface area contributed by atoms with Crippen molar-refractivity contribution in [3.63, 3.8) is 0 Å². The molecule has 0 saturated heterocycles. The number of aromatic nitrogens is 1. The molecule has 7 heteroatoms. The Kier molecular flexibility index (Phi) is 3.91. The molecule has 4 N–H and O–H groups in total. The molecule has 0 fully saturated rings. The van der Waals surface area contributed by atoms with Crippen molar-refractivity contribution >= 4 is 44.9 Å². The molecular weight excluding hydrogens is 318 g/mol. The number of primary amides is 1. The van der Waals surface area contributed by atoms with E-state index in [-0.39, 0.29) is 0 Å². The van der Waals surface area contributed by atoms with Crippen molar-refractivity contribution in [1.82, 2.24) is 4.98 Å². The van der Waals surface area contributed by atoms with Crippen LogP contribution in [0.4, 0.5) is 5.69 Å². The first-order chi connectivity index (χ1) is 10.6. The predicted octanol–water partition coefficient (Wildman–Crippen LogP) is 3.49. The van der Waals surface area contributed by atoms with Crippen molar-refractivity contribution in [1.29, 1.82) is 0 Å². The maximum atomic E-state index is 11.4. The topological polar surface area (TPSA) is 91.2 Å². The number of ether oxygens (including phenoxy) is 1. The van der Waals surface area contributed by atoms with Gasteiger partial charge in [0.1, 0.15) is 21.2 Å². The minimum absolute atomic E-state index is 0.302. The Morgan fingerprint density at radius 1 is 1.27 bits per heavy atom. The zero-order valence-electron chi connectivity index (χ0n) is 11.7. The van der Waals surface area contributed by atoms with E-state index >= 15 is 0 Å². The van der Waals surface area contributed by atoms with Gasteiger partial charge in [0.05, 0.1) is 11.1 Å². The fourth-order valence-corrected chi connectivity index (χ4v) is 3.40. The number of pyridine rings is 1. The van der Waals surface area contributed by atoms with Gasteiger partial charge in [0.25, 0.3) is 5.91 Å². The summed E-state index contributed by atoms with van der Waals surface area (Å²) in [6, 6.07) is 9.44. The van der Waals surface area contributed by atoms with E-state index in [1.807, 2.05) is 30.5 Å². The number of anilines is 1. The van der Waals surface area contributed by atoms with E-state index < -0.39 is 5.91 Å². The Morgan fingerprint density at radius 3 is 2.64 bits per heavy atom. The van der Waals surface area contributed by atoms with Crippen LogP contribution in [-0.2, 0) is 0 Å². The van der Waals surface area contributed by atoms with Gasteiger partial charge in [-0.1, -0.05) is 0 Å². The highest BCUT2D eigenvalue weighted by atomic mass is 32.2. The number of hydrogen-bond acceptors (Lipinski definition) is 6. The van der Waals surface area contributed by atoms with Crippen LogP contribution in [0.15, 0.2) is 41.4 Å². The van der Waals surface area contributed by atoms with E-state index in [1.54, 1.807) is 24.0 Å². The van der Waals surface area contributed by atoms with Gasteiger partial charge < -0.3 is 16.2 Å². The second kappa shape index (κ2) is 5.86. The van der Waals surface area contributed by atoms with Crippen molar-refractivity contribution in [3.05, 3.63) is 41.4 Å². The van der Waals surface area contributed by atoms with Gasteiger partial charge in [0.15, 0.2) is 0 Å². The third-order valence-electron chi connectivity index (χ3n) is 3.10. The minimum atomic E-state index is -0.559. The fourth-order valence-electron chi connectivity index (χ4n) is 2.06. The number of nitrogen functional groups attached to an aromatic ring is 1. The van der Waals surface area contributed by atoms with Crippen LogP contribution in [-0.4, -0.2) is 17.1 Å². The number of rotatable bonds is 4. The second-order valence-electron chi connectivity index (χ2n) is 4.48. The molecule has 1 aromatic carbocycles. The maximum absolute atomic E-state index is 11.4. The summed E-state index contributed by atoms with van der Waals surface area (Å²) in [5, 5.41) is 0.621. The van der Waals surface area contributed by atoms with Crippen molar-refractivity contribution < 1.29 is 9.53 Å². The molecular formula is C15H13N3O2S2. The van der Waals surface area contributed by atoms with Crippen LogP contribution in [0, 0.1) is 0 Å². The molecule has 0 aliphatic carbocycles. The lowest BCUT2D eigenvalue weighted by molar-refractivity contribution is 0.100. The molecule has 2 aromatic heterocycles. The second-order valence-corrected chi connectivity index (χ2v) is 6.35. The Balaban J connectivity index is 2.04. The summed E-state index contributed by atoms with van der Waals surface area (Å²) < 4.78 is 5.89. The summed E-state index contributed by atoms with van der Waals surface area (Å²) in [5.41, 5.74) is 11.7. The van der Waals surface area contributed by atoms with Crippen molar-refractivity contribution in [2.24, 2.45) is 5.73 Å². The zero-order valence-corrected chi connectivity index (χ0v) is 13.3. The molecule has 0 atom stereocenters. The van der Waals surface area contributed by atoms with Crippen molar-refractivity contribution in [2.75, 3.05) is 12.0 Å². The lowest BCUT2D eigenvalue weighted by atomic mass is 10.2. The van der Waals surface area contributed by atoms with Crippen LogP contribution in [0.2, 0.25) is 0 Å². The Labute approximate surface area is 135 Å². The van der Waals surface area contributed by atoms with Gasteiger partial charge in [0.2, 0.25) is 0 Å². The summed E-state index contributed by atoms with van der Waals surface area (Å²) in [6.45, 7) is 0. The van der Waals surface area contributed by atoms with Gasteiger partial charge in [-0.05, 0) is 36.6 Å². The highest BCUT2D eigenvalue weighted by Crippen LogP contribution is 2.39. The molecule has 2 heterocycles. The van der Waals surface area contributed by atoms with Crippen LogP contribution in [0.3, 0.4) is 0 Å². The standard InChI is InChI=1S/C15H13N3O2S2/c1-21-9-4-2-8(3-5-9)20-10-6-7-18-15-11(10)12(16)13(22-15)14(17)19/h2-7H,16H2,1H3,(H2,17,19). The number of thioether (sulfide) groups is 1. The summed E-state index contributed by atoms with van der Waals surface area (Å²) in [7, 11) is 0. The molecule has 0 unspecified atom stereocenters. The van der Waals surface area contributed by atoms with E-state index in [9.17, 15) is 4.79 Å². The van der Waals surface area contributed by atoms with E-state index in [1.165, 1.54) is 11.3 Å². The average Bonchev–Trinajstić information content (AvgIpc) is 2.86. The van der Waals surface area contributed by atoms with E-state index in [0.29, 0.717) is 32.3 Å². The first-order valence-corrected chi connectivity index (χ1v) is 8.43. The molecule has 5 nitrogen and oxygen atoms in total. The Hall–Kier alpha value is -2.25. The van der Waals surface area contributed by atoms with Crippen LogP contribution in [0.25, 0.3) is 10.2 Å². The maximum Gasteiger partial charge on any atom is 0.260 e. The normalized spacial score (nSPS) is 10.8.